The van der Waals surface area contributed by atoms with Crippen LogP contribution in [0, 0.1) is 5.41 Å². The highest BCUT2D eigenvalue weighted by atomic mass is 35.5. The van der Waals surface area contributed by atoms with E-state index in [1.54, 1.807) is 24.6 Å². The van der Waals surface area contributed by atoms with Crippen molar-refractivity contribution in [3.05, 3.63) is 44.5 Å². The maximum absolute atomic E-state index is 13.4. The fourth-order valence-electron chi connectivity index (χ4n) is 4.03. The van der Waals surface area contributed by atoms with Gasteiger partial charge in [0.2, 0.25) is 0 Å². The van der Waals surface area contributed by atoms with Gasteiger partial charge in [-0.25, -0.2) is 4.98 Å². The smallest absolute Gasteiger partial charge is 0.413 e. The third kappa shape index (κ3) is 3.52. The van der Waals surface area contributed by atoms with E-state index in [0.29, 0.717) is 22.1 Å². The van der Waals surface area contributed by atoms with Crippen molar-refractivity contribution in [3.63, 3.8) is 0 Å². The van der Waals surface area contributed by atoms with E-state index in [9.17, 15) is 23.1 Å². The molecule has 9 heteroatoms. The summed E-state index contributed by atoms with van der Waals surface area (Å²) in [5, 5.41) is 10.0. The van der Waals surface area contributed by atoms with Gasteiger partial charge in [-0.15, -0.1) is 0 Å². The predicted octanol–water partition coefficient (Wildman–Crippen LogP) is 5.92. The molecule has 1 heterocycles. The van der Waals surface area contributed by atoms with E-state index >= 15 is 0 Å². The Morgan fingerprint density at radius 1 is 1.41 bits per heavy atom. The first-order chi connectivity index (χ1) is 13.3. The summed E-state index contributed by atoms with van der Waals surface area (Å²) in [6, 6.07) is 0. The second-order valence-electron chi connectivity index (χ2n) is 7.89. The van der Waals surface area contributed by atoms with Crippen molar-refractivity contribution in [2.75, 3.05) is 0 Å². The quantitative estimate of drug-likeness (QED) is 0.624. The van der Waals surface area contributed by atoms with E-state index in [2.05, 4.69) is 4.98 Å². The number of fused-ring (bicyclic) bond motifs is 1. The van der Waals surface area contributed by atoms with Crippen LogP contribution in [-0.4, -0.2) is 26.8 Å². The van der Waals surface area contributed by atoms with Crippen molar-refractivity contribution in [3.8, 4) is 0 Å². The number of imidazole rings is 1. The SMILES string of the molecule is CC1=C(C(F)(F)F)CC(C)c2c1nc(CC1=C(Cl)C(C)(C(=O)O)CC=C1Cl)n2C. The topological polar surface area (TPSA) is 55.1 Å². The van der Waals surface area contributed by atoms with Crippen LogP contribution in [0.2, 0.25) is 0 Å². The highest BCUT2D eigenvalue weighted by molar-refractivity contribution is 6.37. The zero-order valence-electron chi connectivity index (χ0n) is 16.4. The maximum atomic E-state index is 13.4. The van der Waals surface area contributed by atoms with Crippen LogP contribution in [0.5, 0.6) is 0 Å². The van der Waals surface area contributed by atoms with Crippen molar-refractivity contribution in [1.82, 2.24) is 9.55 Å². The summed E-state index contributed by atoms with van der Waals surface area (Å²) in [6.45, 7) is 4.70. The molecule has 0 amide bonds. The van der Waals surface area contributed by atoms with Gasteiger partial charge in [0.1, 0.15) is 11.2 Å². The largest absolute Gasteiger partial charge is 0.481 e. The summed E-state index contributed by atoms with van der Waals surface area (Å²) in [5.41, 5.74) is -0.268. The lowest BCUT2D eigenvalue weighted by molar-refractivity contribution is -0.145. The number of carboxylic acids is 1. The first-order valence-corrected chi connectivity index (χ1v) is 9.86. The lowest BCUT2D eigenvalue weighted by atomic mass is 9.80. The Bertz CT molecular complexity index is 989. The Morgan fingerprint density at radius 2 is 2.03 bits per heavy atom. The van der Waals surface area contributed by atoms with Gasteiger partial charge in [-0.05, 0) is 37.8 Å². The van der Waals surface area contributed by atoms with Crippen LogP contribution in [0.4, 0.5) is 13.2 Å². The minimum atomic E-state index is -4.40. The number of halogens is 5. The number of carbonyl (C=O) groups is 1. The van der Waals surface area contributed by atoms with E-state index in [1.807, 2.05) is 0 Å². The summed E-state index contributed by atoms with van der Waals surface area (Å²) >= 11 is 12.7. The fraction of sp³-hybridized carbons (Fsp3) is 0.500. The normalized spacial score (nSPS) is 25.3. The van der Waals surface area contributed by atoms with Crippen LogP contribution >= 0.6 is 23.2 Å². The van der Waals surface area contributed by atoms with Gasteiger partial charge in [0.15, 0.2) is 0 Å². The van der Waals surface area contributed by atoms with Crippen molar-refractivity contribution in [1.29, 1.82) is 0 Å². The molecule has 29 heavy (non-hydrogen) atoms. The van der Waals surface area contributed by atoms with Crippen molar-refractivity contribution in [2.45, 2.75) is 52.1 Å². The van der Waals surface area contributed by atoms with Crippen molar-refractivity contribution in [2.24, 2.45) is 12.5 Å². The molecule has 0 spiro atoms. The Labute approximate surface area is 176 Å². The highest BCUT2D eigenvalue weighted by Crippen LogP contribution is 2.47. The number of alkyl halides is 3. The zero-order valence-corrected chi connectivity index (χ0v) is 17.9. The van der Waals surface area contributed by atoms with E-state index in [4.69, 9.17) is 23.2 Å². The van der Waals surface area contributed by atoms with Crippen molar-refractivity contribution >= 4 is 34.7 Å². The Kier molecular flexibility index (Phi) is 5.45. The van der Waals surface area contributed by atoms with Gasteiger partial charge in [0.05, 0.1) is 5.69 Å². The lowest BCUT2D eigenvalue weighted by Crippen LogP contribution is -2.30. The summed E-state index contributed by atoms with van der Waals surface area (Å²) < 4.78 is 42.0. The van der Waals surface area contributed by atoms with Crippen LogP contribution in [0.15, 0.2) is 27.3 Å². The number of aliphatic carboxylic acids is 1. The predicted molar refractivity (Wildman–Crippen MR) is 106 cm³/mol. The number of hydrogen-bond donors (Lipinski definition) is 1. The Balaban J connectivity index is 2.10. The Morgan fingerprint density at radius 3 is 2.59 bits per heavy atom. The molecule has 3 rings (SSSR count). The number of aromatic nitrogens is 2. The van der Waals surface area contributed by atoms with Gasteiger partial charge in [0.25, 0.3) is 0 Å². The molecular weight excluding hydrogens is 428 g/mol. The summed E-state index contributed by atoms with van der Waals surface area (Å²) in [5.74, 6) is -0.941. The molecule has 0 saturated carbocycles. The molecule has 1 N–H and O–H groups in total. The second kappa shape index (κ2) is 7.20. The maximum Gasteiger partial charge on any atom is 0.413 e. The number of hydrogen-bond acceptors (Lipinski definition) is 2. The minimum Gasteiger partial charge on any atom is -0.481 e. The van der Waals surface area contributed by atoms with Crippen LogP contribution in [0.3, 0.4) is 0 Å². The third-order valence-electron chi connectivity index (χ3n) is 5.89. The fourth-order valence-corrected chi connectivity index (χ4v) is 4.64. The second-order valence-corrected chi connectivity index (χ2v) is 8.68. The van der Waals surface area contributed by atoms with E-state index in [0.717, 1.165) is 5.69 Å². The molecular formula is C20H21Cl2F3N2O2. The average molecular weight is 449 g/mol. The van der Waals surface area contributed by atoms with Gasteiger partial charge in [0, 0.05) is 40.7 Å². The first-order valence-electron chi connectivity index (χ1n) is 9.10. The molecule has 1 aromatic heterocycles. The minimum absolute atomic E-state index is 0.109. The monoisotopic (exact) mass is 448 g/mol. The number of carboxylic acid groups (broad SMARTS) is 1. The number of nitrogens with zero attached hydrogens (tertiary/aromatic N) is 2. The third-order valence-corrected chi connectivity index (χ3v) is 6.92. The highest BCUT2D eigenvalue weighted by Gasteiger charge is 2.42. The standard InChI is InChI=1S/C20H21Cl2F3N2O2/c1-9-7-12(20(23,24)25)10(2)15-16(9)27(4)14(26-15)8-11-13(21)5-6-19(3,17(11)22)18(28)29/h5,9H,6-8H2,1-4H3,(H,28,29). The van der Waals surface area contributed by atoms with Gasteiger partial charge in [-0.1, -0.05) is 36.2 Å². The van der Waals surface area contributed by atoms with Gasteiger partial charge in [-0.2, -0.15) is 13.2 Å². The molecule has 2 aliphatic rings. The van der Waals surface area contributed by atoms with Crippen LogP contribution in [0.25, 0.3) is 5.57 Å². The molecule has 0 fully saturated rings. The summed E-state index contributed by atoms with van der Waals surface area (Å²) in [7, 11) is 1.74. The first kappa shape index (κ1) is 22.0. The molecule has 0 saturated heterocycles. The molecule has 2 unspecified atom stereocenters. The molecule has 0 bridgehead atoms. The number of rotatable bonds is 3. The molecule has 0 aliphatic heterocycles. The Hall–Kier alpha value is -1.73. The van der Waals surface area contributed by atoms with Gasteiger partial charge in [-0.3, -0.25) is 4.79 Å². The molecule has 2 atom stereocenters. The molecule has 0 aromatic carbocycles. The van der Waals surface area contributed by atoms with E-state index in [1.165, 1.54) is 13.8 Å². The molecule has 0 radical (unpaired) electrons. The molecule has 4 nitrogen and oxygen atoms in total. The van der Waals surface area contributed by atoms with Crippen molar-refractivity contribution < 1.29 is 23.1 Å². The molecule has 2 aliphatic carbocycles. The number of allylic oxidation sites excluding steroid dienone is 5. The molecule has 1 aromatic rings. The van der Waals surface area contributed by atoms with E-state index in [-0.39, 0.29) is 35.8 Å². The van der Waals surface area contributed by atoms with Gasteiger partial charge >= 0.3 is 12.1 Å². The van der Waals surface area contributed by atoms with Crippen LogP contribution in [-0.2, 0) is 18.3 Å². The lowest BCUT2D eigenvalue weighted by Gasteiger charge is -2.29. The van der Waals surface area contributed by atoms with Crippen LogP contribution in [0.1, 0.15) is 56.7 Å². The molecule has 158 valence electrons. The average Bonchev–Trinajstić information content (AvgIpc) is 2.94. The van der Waals surface area contributed by atoms with Gasteiger partial charge < -0.3 is 9.67 Å². The summed E-state index contributed by atoms with van der Waals surface area (Å²) in [6.07, 6.45) is -2.62. The van der Waals surface area contributed by atoms with Crippen LogP contribution < -0.4 is 0 Å². The zero-order chi connectivity index (χ0) is 21.9. The van der Waals surface area contributed by atoms with E-state index < -0.39 is 23.1 Å². The summed E-state index contributed by atoms with van der Waals surface area (Å²) in [4.78, 5) is 16.2.